The van der Waals surface area contributed by atoms with E-state index in [1.54, 1.807) is 6.07 Å². The van der Waals surface area contributed by atoms with E-state index in [4.69, 9.17) is 0 Å². The first-order valence-electron chi connectivity index (χ1n) is 9.07. The van der Waals surface area contributed by atoms with Gasteiger partial charge in [-0.15, -0.1) is 0 Å². The SMILES string of the molecule is O=C(N[C@@H]1C[C@H]1c1cccc(F)c1F)[C@H]1CCCN(C(=O)C2CC2)C1. The molecule has 3 atom stereocenters. The summed E-state index contributed by atoms with van der Waals surface area (Å²) in [6.07, 6.45) is 4.17. The molecule has 1 aromatic carbocycles. The van der Waals surface area contributed by atoms with E-state index in [0.717, 1.165) is 38.3 Å². The van der Waals surface area contributed by atoms with Crippen LogP contribution in [-0.4, -0.2) is 35.8 Å². The van der Waals surface area contributed by atoms with Crippen molar-refractivity contribution < 1.29 is 18.4 Å². The van der Waals surface area contributed by atoms with Gasteiger partial charge in [0.05, 0.1) is 5.92 Å². The Balaban J connectivity index is 1.33. The third kappa shape index (κ3) is 3.39. The molecule has 0 aromatic heterocycles. The predicted octanol–water partition coefficient (Wildman–Crippen LogP) is 2.59. The molecule has 1 N–H and O–H groups in total. The first-order valence-corrected chi connectivity index (χ1v) is 9.07. The van der Waals surface area contributed by atoms with Crippen LogP contribution in [0.5, 0.6) is 0 Å². The first kappa shape index (κ1) is 16.5. The van der Waals surface area contributed by atoms with Crippen molar-refractivity contribution in [2.24, 2.45) is 11.8 Å². The molecule has 0 unspecified atom stereocenters. The zero-order valence-electron chi connectivity index (χ0n) is 14.0. The first-order chi connectivity index (χ1) is 12.0. The molecule has 0 bridgehead atoms. The smallest absolute Gasteiger partial charge is 0.225 e. The summed E-state index contributed by atoms with van der Waals surface area (Å²) in [7, 11) is 0. The number of carbonyl (C=O) groups excluding carboxylic acids is 2. The third-order valence-electron chi connectivity index (χ3n) is 5.53. The molecular weight excluding hydrogens is 326 g/mol. The van der Waals surface area contributed by atoms with Crippen LogP contribution in [0.15, 0.2) is 18.2 Å². The second kappa shape index (κ2) is 6.39. The maximum absolute atomic E-state index is 13.8. The Morgan fingerprint density at radius 1 is 1.12 bits per heavy atom. The van der Waals surface area contributed by atoms with E-state index in [2.05, 4.69) is 5.32 Å². The largest absolute Gasteiger partial charge is 0.352 e. The number of amides is 2. The van der Waals surface area contributed by atoms with Crippen LogP contribution < -0.4 is 5.32 Å². The van der Waals surface area contributed by atoms with Crippen LogP contribution in [0.1, 0.15) is 43.6 Å². The molecule has 6 heteroatoms. The number of piperidine rings is 1. The molecule has 2 aliphatic carbocycles. The van der Waals surface area contributed by atoms with E-state index < -0.39 is 11.6 Å². The van der Waals surface area contributed by atoms with Gasteiger partial charge in [-0.1, -0.05) is 12.1 Å². The van der Waals surface area contributed by atoms with Crippen molar-refractivity contribution in [2.75, 3.05) is 13.1 Å². The molecule has 0 spiro atoms. The number of hydrogen-bond donors (Lipinski definition) is 1. The molecule has 0 radical (unpaired) electrons. The Morgan fingerprint density at radius 3 is 2.68 bits per heavy atom. The lowest BCUT2D eigenvalue weighted by atomic mass is 9.96. The Kier molecular flexibility index (Phi) is 4.21. The minimum atomic E-state index is -0.851. The van der Waals surface area contributed by atoms with E-state index in [-0.39, 0.29) is 35.6 Å². The summed E-state index contributed by atoms with van der Waals surface area (Å²) >= 11 is 0. The maximum atomic E-state index is 13.8. The molecule has 1 aromatic rings. The number of nitrogens with zero attached hydrogens (tertiary/aromatic N) is 1. The van der Waals surface area contributed by atoms with E-state index in [1.165, 1.54) is 6.07 Å². The lowest BCUT2D eigenvalue weighted by Crippen LogP contribution is -2.46. The van der Waals surface area contributed by atoms with E-state index >= 15 is 0 Å². The average Bonchev–Trinajstić information content (AvgIpc) is 3.52. The van der Waals surface area contributed by atoms with Crippen molar-refractivity contribution in [1.82, 2.24) is 10.2 Å². The minimum absolute atomic E-state index is 0.0717. The van der Waals surface area contributed by atoms with Crippen molar-refractivity contribution in [3.05, 3.63) is 35.4 Å². The van der Waals surface area contributed by atoms with Gasteiger partial charge in [0.15, 0.2) is 11.6 Å². The highest BCUT2D eigenvalue weighted by Gasteiger charge is 2.43. The van der Waals surface area contributed by atoms with Crippen LogP contribution >= 0.6 is 0 Å². The van der Waals surface area contributed by atoms with Gasteiger partial charge < -0.3 is 10.2 Å². The van der Waals surface area contributed by atoms with Gasteiger partial charge in [-0.25, -0.2) is 8.78 Å². The monoisotopic (exact) mass is 348 g/mol. The lowest BCUT2D eigenvalue weighted by Gasteiger charge is -2.32. The van der Waals surface area contributed by atoms with Gasteiger partial charge in [0.1, 0.15) is 0 Å². The summed E-state index contributed by atoms with van der Waals surface area (Å²) in [4.78, 5) is 26.5. The van der Waals surface area contributed by atoms with Crippen molar-refractivity contribution in [3.63, 3.8) is 0 Å². The number of nitrogens with one attached hydrogen (secondary N) is 1. The lowest BCUT2D eigenvalue weighted by molar-refractivity contribution is -0.136. The minimum Gasteiger partial charge on any atom is -0.352 e. The molecule has 2 amide bonds. The van der Waals surface area contributed by atoms with Crippen LogP contribution in [0, 0.1) is 23.5 Å². The van der Waals surface area contributed by atoms with Gasteiger partial charge in [-0.2, -0.15) is 0 Å². The second-order valence-electron chi connectivity index (χ2n) is 7.50. The molecular formula is C19H22F2N2O2. The van der Waals surface area contributed by atoms with Gasteiger partial charge in [0.2, 0.25) is 11.8 Å². The van der Waals surface area contributed by atoms with Crippen molar-refractivity contribution in [3.8, 4) is 0 Å². The average molecular weight is 348 g/mol. The summed E-state index contributed by atoms with van der Waals surface area (Å²) < 4.78 is 27.2. The third-order valence-corrected chi connectivity index (χ3v) is 5.53. The highest BCUT2D eigenvalue weighted by atomic mass is 19.2. The van der Waals surface area contributed by atoms with Crippen molar-refractivity contribution in [2.45, 2.75) is 44.1 Å². The summed E-state index contributed by atoms with van der Waals surface area (Å²) in [5, 5.41) is 2.96. The Hall–Kier alpha value is -1.98. The Morgan fingerprint density at radius 2 is 1.92 bits per heavy atom. The Labute approximate surface area is 145 Å². The maximum Gasteiger partial charge on any atom is 0.225 e. The quantitative estimate of drug-likeness (QED) is 0.909. The van der Waals surface area contributed by atoms with Gasteiger partial charge >= 0.3 is 0 Å². The fourth-order valence-electron chi connectivity index (χ4n) is 3.79. The van der Waals surface area contributed by atoms with Gasteiger partial charge in [0, 0.05) is 31.0 Å². The molecule has 3 fully saturated rings. The highest BCUT2D eigenvalue weighted by Crippen LogP contribution is 2.42. The number of benzene rings is 1. The summed E-state index contributed by atoms with van der Waals surface area (Å²) in [6.45, 7) is 1.21. The number of hydrogen-bond acceptors (Lipinski definition) is 2. The molecule has 25 heavy (non-hydrogen) atoms. The van der Waals surface area contributed by atoms with Crippen molar-refractivity contribution in [1.29, 1.82) is 0 Å². The number of likely N-dealkylation sites (tertiary alicyclic amines) is 1. The highest BCUT2D eigenvalue weighted by molar-refractivity contribution is 5.83. The standard InChI is InChI=1S/C19H22F2N2O2/c20-15-5-1-4-13(17(15)21)14-9-16(14)22-18(24)12-3-2-8-23(10-12)19(25)11-6-7-11/h1,4-5,11-12,14,16H,2-3,6-10H2,(H,22,24)/t12-,14-,16+/m0/s1. The van der Waals surface area contributed by atoms with Gasteiger partial charge in [0.25, 0.3) is 0 Å². The molecule has 2 saturated carbocycles. The molecule has 4 nitrogen and oxygen atoms in total. The van der Waals surface area contributed by atoms with E-state index in [1.807, 2.05) is 4.90 Å². The second-order valence-corrected chi connectivity index (χ2v) is 7.50. The summed E-state index contributed by atoms with van der Waals surface area (Å²) in [5.74, 6) is -1.74. The van der Waals surface area contributed by atoms with Crippen LogP contribution in [0.3, 0.4) is 0 Å². The summed E-state index contributed by atoms with van der Waals surface area (Å²) in [5.41, 5.74) is 0.333. The normalized spacial score (nSPS) is 28.6. The zero-order valence-corrected chi connectivity index (χ0v) is 14.0. The van der Waals surface area contributed by atoms with Gasteiger partial charge in [-0.3, -0.25) is 9.59 Å². The number of carbonyl (C=O) groups is 2. The number of halogens is 2. The van der Waals surface area contributed by atoms with Crippen LogP contribution in [-0.2, 0) is 9.59 Å². The van der Waals surface area contributed by atoms with Crippen molar-refractivity contribution >= 4 is 11.8 Å². The van der Waals surface area contributed by atoms with Crippen LogP contribution in [0.2, 0.25) is 0 Å². The fourth-order valence-corrected chi connectivity index (χ4v) is 3.79. The fraction of sp³-hybridized carbons (Fsp3) is 0.579. The predicted molar refractivity (Wildman–Crippen MR) is 87.7 cm³/mol. The van der Waals surface area contributed by atoms with E-state index in [9.17, 15) is 18.4 Å². The molecule has 1 saturated heterocycles. The topological polar surface area (TPSA) is 49.4 Å². The molecule has 3 aliphatic rings. The molecule has 134 valence electrons. The van der Waals surface area contributed by atoms with Gasteiger partial charge in [-0.05, 0) is 43.7 Å². The van der Waals surface area contributed by atoms with Crippen LogP contribution in [0.25, 0.3) is 0 Å². The number of rotatable bonds is 4. The molecule has 1 heterocycles. The molecule has 4 rings (SSSR count). The van der Waals surface area contributed by atoms with Crippen LogP contribution in [0.4, 0.5) is 8.78 Å². The van der Waals surface area contributed by atoms with E-state index in [0.29, 0.717) is 18.5 Å². The Bertz CT molecular complexity index is 705. The zero-order chi connectivity index (χ0) is 17.6. The summed E-state index contributed by atoms with van der Waals surface area (Å²) in [6, 6.07) is 4.03. The molecule has 1 aliphatic heterocycles.